The van der Waals surface area contributed by atoms with Crippen molar-refractivity contribution in [2.45, 2.75) is 0 Å². The zero-order valence-corrected chi connectivity index (χ0v) is 74.1. The lowest BCUT2D eigenvalue weighted by Crippen LogP contribution is -2.00. The Morgan fingerprint density at radius 2 is 0.384 bits per heavy atom. The number of hydrogen-bond donors (Lipinski definition) is 0. The zero-order chi connectivity index (χ0) is 91.4. The van der Waals surface area contributed by atoms with Gasteiger partial charge in [0.15, 0.2) is 69.2 Å². The van der Waals surface area contributed by atoms with Crippen LogP contribution in [0.15, 0.2) is 486 Å². The molecule has 138 heavy (non-hydrogen) atoms. The number of benzene rings is 18. The molecule has 0 aliphatic rings. The molecule has 9 aromatic heterocycles. The Morgan fingerprint density at radius 1 is 0.145 bits per heavy atom. The van der Waals surface area contributed by atoms with Crippen LogP contribution in [0.1, 0.15) is 0 Å². The van der Waals surface area contributed by atoms with Crippen LogP contribution in [0.4, 0.5) is 0 Å². The van der Waals surface area contributed by atoms with Gasteiger partial charge in [-0.05, 0) is 99.1 Å². The van der Waals surface area contributed by atoms with E-state index in [1.807, 2.05) is 212 Å². The standard InChI is InChI=1S/3C41H26N4O/c1-4-13-27(14-5-1)32-20-12-22-35-37(32)46-41-36(33-19-10-11-21-34(33)45(35)41)28-23-25-31(26-24-28)40-43-38(29-15-6-2-7-16-29)42-39(44-40)30-17-8-3-9-18-30;1-4-12-28(13-5-1)37-33-26-32(24-25-34(33)45-35-18-10-11-19-36(35)46-41(37)45)27-20-22-31(23-21-27)40-43-38(29-14-6-2-7-15-29)42-39(44-40)30-16-8-3-9-17-30;1-4-12-27(13-5-1)32-24-25-35-36(26-32)46-41-37(33-18-10-11-19-34(33)45(35)41)28-20-22-31(23-21-28)40-43-38(29-14-6-2-7-15-29)42-39(44-40)30-16-8-3-9-17-30/h3*1-26H. The van der Waals surface area contributed by atoms with Crippen LogP contribution in [-0.2, 0) is 0 Å². The van der Waals surface area contributed by atoms with E-state index in [2.05, 4.69) is 274 Å². The van der Waals surface area contributed by atoms with E-state index in [4.69, 9.17) is 58.1 Å². The summed E-state index contributed by atoms with van der Waals surface area (Å²) >= 11 is 0. The first-order valence-corrected chi connectivity index (χ1v) is 45.9. The molecular formula is C123H78N12O3. The van der Waals surface area contributed by atoms with Crippen molar-refractivity contribution in [2.24, 2.45) is 0 Å². The molecule has 648 valence electrons. The van der Waals surface area contributed by atoms with Crippen molar-refractivity contribution in [3.8, 4) is 169 Å². The van der Waals surface area contributed by atoms with Gasteiger partial charge in [0.1, 0.15) is 0 Å². The highest BCUT2D eigenvalue weighted by atomic mass is 16.4. The fourth-order valence-electron chi connectivity index (χ4n) is 18.8. The Labute approximate surface area is 791 Å². The SMILES string of the molecule is c1ccc(-c2ccc3c(c2)oc2c(-c4ccc(-c5nc(-c6ccccc6)nc(-c6ccccc6)n5)cc4)c4ccccc4n23)cc1.c1ccc(-c2nc(-c3ccccc3)nc(-c3ccc(-c4c5ccccc5n5c4oc4c(-c6ccccc6)cccc45)cc3)n2)cc1.c1ccc(-c2nc(-c3ccccc3)nc(-c3ccc(-c4ccc5c(c4)c(-c4ccccc4)c4oc6ccccc6n45)cc3)n2)cc1. The first kappa shape index (κ1) is 81.0. The monoisotopic (exact) mass is 1770 g/mol. The maximum absolute atomic E-state index is 6.78. The van der Waals surface area contributed by atoms with Gasteiger partial charge in [0.2, 0.25) is 17.1 Å². The van der Waals surface area contributed by atoms with E-state index in [1.54, 1.807) is 0 Å². The van der Waals surface area contributed by atoms with E-state index in [0.29, 0.717) is 52.4 Å². The first-order chi connectivity index (χ1) is 68.4. The van der Waals surface area contributed by atoms with Crippen molar-refractivity contribution in [2.75, 3.05) is 0 Å². The van der Waals surface area contributed by atoms with E-state index < -0.39 is 0 Å². The summed E-state index contributed by atoms with van der Waals surface area (Å²) in [6.45, 7) is 0. The molecule has 0 aliphatic carbocycles. The molecule has 9 heterocycles. The van der Waals surface area contributed by atoms with Crippen LogP contribution in [0.5, 0.6) is 0 Å². The average molecular weight is 1770 g/mol. The Hall–Kier alpha value is -19.0. The van der Waals surface area contributed by atoms with Crippen LogP contribution >= 0.6 is 0 Å². The average Bonchev–Trinajstić information content (AvgIpc) is 1.58. The molecule has 27 aromatic rings. The number of para-hydroxylation sites is 5. The third-order valence-electron chi connectivity index (χ3n) is 25.4. The molecule has 0 saturated carbocycles. The molecule has 15 nitrogen and oxygen atoms in total. The highest BCUT2D eigenvalue weighted by molar-refractivity contribution is 6.11. The van der Waals surface area contributed by atoms with Crippen LogP contribution in [0, 0.1) is 0 Å². The Balaban J connectivity index is 0.000000110. The minimum Gasteiger partial charge on any atom is -0.438 e. The molecule has 15 heteroatoms. The first-order valence-electron chi connectivity index (χ1n) is 45.9. The molecule has 27 rings (SSSR count). The Morgan fingerprint density at radius 3 is 0.783 bits per heavy atom. The molecule has 0 radical (unpaired) electrons. The van der Waals surface area contributed by atoms with E-state index in [1.165, 1.54) is 0 Å². The largest absolute Gasteiger partial charge is 0.438 e. The third kappa shape index (κ3) is 15.0. The van der Waals surface area contributed by atoms with Crippen molar-refractivity contribution in [3.63, 3.8) is 0 Å². The maximum Gasteiger partial charge on any atom is 0.213 e. The minimum atomic E-state index is 0.627. The summed E-state index contributed by atoms with van der Waals surface area (Å²) in [6, 6.07) is 162. The lowest BCUT2D eigenvalue weighted by Gasteiger charge is -2.09. The summed E-state index contributed by atoms with van der Waals surface area (Å²) in [5, 5.41) is 3.43. The number of nitrogens with zero attached hydrogens (tertiary/aromatic N) is 12. The third-order valence-corrected chi connectivity index (χ3v) is 25.4. The number of hydrogen-bond acceptors (Lipinski definition) is 12. The van der Waals surface area contributed by atoms with Crippen molar-refractivity contribution >= 4 is 83.1 Å². The summed E-state index contributed by atoms with van der Waals surface area (Å²) in [6.07, 6.45) is 0. The zero-order valence-electron chi connectivity index (χ0n) is 74.1. The van der Waals surface area contributed by atoms with E-state index in [9.17, 15) is 0 Å². The van der Waals surface area contributed by atoms with Crippen LogP contribution in [-0.4, -0.2) is 58.1 Å². The quantitative estimate of drug-likeness (QED) is 0.0954. The number of oxazole rings is 3. The van der Waals surface area contributed by atoms with E-state index >= 15 is 0 Å². The van der Waals surface area contributed by atoms with Gasteiger partial charge in [0.05, 0.1) is 49.8 Å². The summed E-state index contributed by atoms with van der Waals surface area (Å²) in [7, 11) is 0. The molecular weight excluding hydrogens is 1690 g/mol. The van der Waals surface area contributed by atoms with Gasteiger partial charge in [-0.2, -0.15) is 0 Å². The molecule has 0 bridgehead atoms. The molecule has 0 aliphatic heterocycles. The van der Waals surface area contributed by atoms with Gasteiger partial charge in [0.25, 0.3) is 0 Å². The fourth-order valence-corrected chi connectivity index (χ4v) is 18.8. The van der Waals surface area contributed by atoms with Gasteiger partial charge in [-0.15, -0.1) is 0 Å². The van der Waals surface area contributed by atoms with Crippen LogP contribution < -0.4 is 0 Å². The van der Waals surface area contributed by atoms with Crippen molar-refractivity contribution < 1.29 is 13.3 Å². The van der Waals surface area contributed by atoms with E-state index in [-0.39, 0.29) is 0 Å². The van der Waals surface area contributed by atoms with Crippen molar-refractivity contribution in [1.82, 2.24) is 58.1 Å². The smallest absolute Gasteiger partial charge is 0.213 e. The molecule has 0 atom stereocenters. The Kier molecular flexibility index (Phi) is 20.5. The number of fused-ring (bicyclic) bond motifs is 15. The molecule has 18 aromatic carbocycles. The second-order valence-electron chi connectivity index (χ2n) is 33.9. The lowest BCUT2D eigenvalue weighted by molar-refractivity contribution is 0.658. The minimum absolute atomic E-state index is 0.627. The predicted octanol–water partition coefficient (Wildman–Crippen LogP) is 31.1. The lowest BCUT2D eigenvalue weighted by atomic mass is 9.99. The van der Waals surface area contributed by atoms with Gasteiger partial charge in [-0.3, -0.25) is 13.2 Å². The summed E-state index contributed by atoms with van der Waals surface area (Å²) in [4.78, 5) is 43.9. The maximum atomic E-state index is 6.78. The summed E-state index contributed by atoms with van der Waals surface area (Å²) in [5.74, 6) is 5.77. The Bertz CT molecular complexity index is 9030. The number of aromatic nitrogens is 12. The summed E-state index contributed by atoms with van der Waals surface area (Å²) < 4.78 is 26.6. The molecule has 0 fully saturated rings. The molecule has 0 spiro atoms. The van der Waals surface area contributed by atoms with Crippen molar-refractivity contribution in [1.29, 1.82) is 0 Å². The molecule has 0 amide bonds. The second-order valence-corrected chi connectivity index (χ2v) is 33.9. The molecule has 0 unspecified atom stereocenters. The topological polar surface area (TPSA) is 169 Å². The predicted molar refractivity (Wildman–Crippen MR) is 556 cm³/mol. The highest BCUT2D eigenvalue weighted by Gasteiger charge is 2.27. The van der Waals surface area contributed by atoms with Gasteiger partial charge in [-0.25, -0.2) is 44.9 Å². The van der Waals surface area contributed by atoms with Crippen LogP contribution in [0.3, 0.4) is 0 Å². The fraction of sp³-hybridized carbons (Fsp3) is 0. The normalized spacial score (nSPS) is 11.5. The van der Waals surface area contributed by atoms with Gasteiger partial charge in [0, 0.05) is 71.8 Å². The van der Waals surface area contributed by atoms with Crippen molar-refractivity contribution in [3.05, 3.63) is 473 Å². The van der Waals surface area contributed by atoms with Gasteiger partial charge in [-0.1, -0.05) is 419 Å². The molecule has 0 N–H and O–H groups in total. The van der Waals surface area contributed by atoms with Crippen LogP contribution in [0.2, 0.25) is 0 Å². The van der Waals surface area contributed by atoms with Gasteiger partial charge >= 0.3 is 0 Å². The second kappa shape index (κ2) is 35.0. The summed E-state index contributed by atoms with van der Waals surface area (Å²) in [5.41, 5.74) is 33.2. The highest BCUT2D eigenvalue weighted by Crippen LogP contribution is 2.47. The number of rotatable bonds is 15. The van der Waals surface area contributed by atoms with E-state index in [0.717, 1.165) is 200 Å². The van der Waals surface area contributed by atoms with Gasteiger partial charge < -0.3 is 13.3 Å². The van der Waals surface area contributed by atoms with Crippen LogP contribution in [0.25, 0.3) is 252 Å². The molecule has 0 saturated heterocycles.